The number of sulfonamides is 1. The summed E-state index contributed by atoms with van der Waals surface area (Å²) in [4.78, 5) is 13.2. The molecule has 3 rings (SSSR count). The Balaban J connectivity index is 1.49. The highest BCUT2D eigenvalue weighted by atomic mass is 32.2. The van der Waals surface area contributed by atoms with Crippen LogP contribution < -0.4 is 9.47 Å². The van der Waals surface area contributed by atoms with Crippen molar-refractivity contribution in [3.63, 3.8) is 0 Å². The molecule has 0 radical (unpaired) electrons. The Bertz CT molecular complexity index is 1050. The van der Waals surface area contributed by atoms with Crippen LogP contribution in [0.5, 0.6) is 11.5 Å². The van der Waals surface area contributed by atoms with Crippen LogP contribution in [0.15, 0.2) is 53.4 Å². The number of carbonyl (C=O) groups is 1. The molecule has 0 saturated carbocycles. The molecular weight excluding hydrogens is 461 g/mol. The number of methoxy groups -OCH3 is 1. The van der Waals surface area contributed by atoms with Gasteiger partial charge in [-0.1, -0.05) is 12.1 Å². The molecule has 2 aromatic carbocycles. The number of nitrogens with zero attached hydrogens (tertiary/aromatic N) is 2. The average Bonchev–Trinajstić information content (AvgIpc) is 2.81. The molecule has 11 heteroatoms. The van der Waals surface area contributed by atoms with Crippen molar-refractivity contribution in [3.05, 3.63) is 54.1 Å². The number of rotatable bonds is 8. The second kappa shape index (κ2) is 10.4. The zero-order valence-corrected chi connectivity index (χ0v) is 18.9. The van der Waals surface area contributed by atoms with Crippen molar-refractivity contribution in [2.24, 2.45) is 0 Å². The Morgan fingerprint density at radius 2 is 1.58 bits per heavy atom. The average molecular weight is 487 g/mol. The zero-order chi connectivity index (χ0) is 24.1. The molecule has 1 aliphatic heterocycles. The molecule has 1 aliphatic rings. The van der Waals surface area contributed by atoms with E-state index in [0.29, 0.717) is 24.5 Å². The number of hydrogen-bond donors (Lipinski definition) is 0. The molecule has 0 bridgehead atoms. The minimum absolute atomic E-state index is 0.0669. The van der Waals surface area contributed by atoms with E-state index in [0.717, 1.165) is 22.5 Å². The highest BCUT2D eigenvalue weighted by molar-refractivity contribution is 7.89. The fraction of sp³-hybridized carbons (Fsp3) is 0.409. The molecule has 0 unspecified atom stereocenters. The molecule has 7 nitrogen and oxygen atoms in total. The van der Waals surface area contributed by atoms with Crippen LogP contribution in [0, 0.1) is 0 Å². The minimum Gasteiger partial charge on any atom is -0.497 e. The Kier molecular flexibility index (Phi) is 7.85. The lowest BCUT2D eigenvalue weighted by Crippen LogP contribution is -2.50. The van der Waals surface area contributed by atoms with Gasteiger partial charge in [0, 0.05) is 32.6 Å². The van der Waals surface area contributed by atoms with Crippen molar-refractivity contribution in [1.29, 1.82) is 0 Å². The lowest BCUT2D eigenvalue weighted by molar-refractivity contribution is -0.139. The zero-order valence-electron chi connectivity index (χ0n) is 18.0. The van der Waals surface area contributed by atoms with E-state index in [1.54, 1.807) is 31.4 Å². The maximum absolute atomic E-state index is 13.3. The summed E-state index contributed by atoms with van der Waals surface area (Å²) in [5.41, 5.74) is -1.19. The van der Waals surface area contributed by atoms with Gasteiger partial charge in [-0.3, -0.25) is 4.79 Å². The van der Waals surface area contributed by atoms with E-state index in [2.05, 4.69) is 0 Å². The van der Waals surface area contributed by atoms with Crippen LogP contribution >= 0.6 is 0 Å². The van der Waals surface area contributed by atoms with E-state index in [-0.39, 0.29) is 38.5 Å². The van der Waals surface area contributed by atoms with Gasteiger partial charge in [-0.25, -0.2) is 8.42 Å². The molecule has 0 N–H and O–H groups in total. The molecule has 1 saturated heterocycles. The summed E-state index contributed by atoms with van der Waals surface area (Å²) in [5, 5.41) is 0. The minimum atomic E-state index is -4.78. The third-order valence-corrected chi connectivity index (χ3v) is 7.22. The van der Waals surface area contributed by atoms with E-state index in [1.165, 1.54) is 11.0 Å². The van der Waals surface area contributed by atoms with Gasteiger partial charge in [0.2, 0.25) is 15.9 Å². The number of hydrogen-bond acceptors (Lipinski definition) is 5. The Morgan fingerprint density at radius 1 is 0.970 bits per heavy atom. The number of alkyl halides is 3. The first kappa shape index (κ1) is 24.8. The van der Waals surface area contributed by atoms with Gasteiger partial charge in [0.25, 0.3) is 0 Å². The van der Waals surface area contributed by atoms with Gasteiger partial charge in [0.1, 0.15) is 11.5 Å². The van der Waals surface area contributed by atoms with Crippen LogP contribution in [0.1, 0.15) is 18.4 Å². The molecule has 180 valence electrons. The summed E-state index contributed by atoms with van der Waals surface area (Å²) < 4.78 is 77.0. The summed E-state index contributed by atoms with van der Waals surface area (Å²) in [5.74, 6) is 1.21. The third kappa shape index (κ3) is 6.17. The van der Waals surface area contributed by atoms with Crippen LogP contribution in [0.3, 0.4) is 0 Å². The van der Waals surface area contributed by atoms with Crippen LogP contribution in [0.2, 0.25) is 0 Å². The van der Waals surface area contributed by atoms with E-state index in [4.69, 9.17) is 9.47 Å². The molecule has 0 aliphatic carbocycles. The van der Waals surface area contributed by atoms with Crippen molar-refractivity contribution in [1.82, 2.24) is 9.21 Å². The first-order valence-corrected chi connectivity index (χ1v) is 11.8. The van der Waals surface area contributed by atoms with Crippen molar-refractivity contribution >= 4 is 15.9 Å². The van der Waals surface area contributed by atoms with Crippen molar-refractivity contribution in [2.75, 3.05) is 39.9 Å². The van der Waals surface area contributed by atoms with Crippen LogP contribution in [0.25, 0.3) is 0 Å². The largest absolute Gasteiger partial charge is 0.497 e. The van der Waals surface area contributed by atoms with Crippen LogP contribution in [-0.2, 0) is 21.0 Å². The smallest absolute Gasteiger partial charge is 0.417 e. The van der Waals surface area contributed by atoms with E-state index in [1.807, 2.05) is 0 Å². The lowest BCUT2D eigenvalue weighted by Gasteiger charge is -2.34. The van der Waals surface area contributed by atoms with Gasteiger partial charge in [-0.15, -0.1) is 0 Å². The Hall–Kier alpha value is -2.79. The number of piperazine rings is 1. The van der Waals surface area contributed by atoms with Gasteiger partial charge in [-0.05, 0) is 42.8 Å². The lowest BCUT2D eigenvalue weighted by atomic mass is 10.2. The maximum Gasteiger partial charge on any atom is 0.417 e. The number of benzene rings is 2. The number of halogens is 3. The highest BCUT2D eigenvalue weighted by Gasteiger charge is 2.39. The topological polar surface area (TPSA) is 76.2 Å². The van der Waals surface area contributed by atoms with Crippen LogP contribution in [-0.4, -0.2) is 63.4 Å². The number of ether oxygens (including phenoxy) is 2. The third-order valence-electron chi connectivity index (χ3n) is 5.26. The molecule has 1 fully saturated rings. The molecule has 2 aromatic rings. The predicted molar refractivity (Wildman–Crippen MR) is 115 cm³/mol. The number of amides is 1. The molecule has 33 heavy (non-hydrogen) atoms. The van der Waals surface area contributed by atoms with E-state index >= 15 is 0 Å². The second-order valence-electron chi connectivity index (χ2n) is 7.41. The van der Waals surface area contributed by atoms with Crippen molar-refractivity contribution in [2.45, 2.75) is 23.9 Å². The van der Waals surface area contributed by atoms with Gasteiger partial charge in [-0.2, -0.15) is 17.5 Å². The van der Waals surface area contributed by atoms with Crippen molar-refractivity contribution in [3.8, 4) is 11.5 Å². The SMILES string of the molecule is COc1ccc(OCCCC(=O)N2CCN(S(=O)(=O)c3ccccc3C(F)(F)F)CC2)cc1. The van der Waals surface area contributed by atoms with Crippen molar-refractivity contribution < 1.29 is 35.9 Å². The summed E-state index contributed by atoms with van der Waals surface area (Å²) in [6.45, 7) is 0.434. The molecule has 1 heterocycles. The van der Waals surface area contributed by atoms with Gasteiger partial charge in [0.15, 0.2) is 0 Å². The maximum atomic E-state index is 13.3. The second-order valence-corrected chi connectivity index (χ2v) is 9.31. The molecule has 1 amide bonds. The van der Waals surface area contributed by atoms with Gasteiger partial charge >= 0.3 is 6.18 Å². The summed E-state index contributed by atoms with van der Waals surface area (Å²) in [7, 11) is -2.77. The number of carbonyl (C=O) groups excluding carboxylic acids is 1. The first-order chi connectivity index (χ1) is 15.6. The molecule has 0 spiro atoms. The molecule has 0 aromatic heterocycles. The fourth-order valence-corrected chi connectivity index (χ4v) is 5.12. The first-order valence-electron chi connectivity index (χ1n) is 10.3. The quantitative estimate of drug-likeness (QED) is 0.535. The molecular formula is C22H25F3N2O5S. The van der Waals surface area contributed by atoms with E-state index in [9.17, 15) is 26.4 Å². The van der Waals surface area contributed by atoms with E-state index < -0.39 is 26.7 Å². The monoisotopic (exact) mass is 486 g/mol. The normalized spacial score (nSPS) is 15.3. The predicted octanol–water partition coefficient (Wildman–Crippen LogP) is 3.41. The molecule has 0 atom stereocenters. The summed E-state index contributed by atoms with van der Waals surface area (Å²) in [6, 6.07) is 11.2. The Morgan fingerprint density at radius 3 is 2.18 bits per heavy atom. The van der Waals surface area contributed by atoms with Gasteiger partial charge in [0.05, 0.1) is 24.2 Å². The van der Waals surface area contributed by atoms with Crippen LogP contribution in [0.4, 0.5) is 13.2 Å². The van der Waals surface area contributed by atoms with Gasteiger partial charge < -0.3 is 14.4 Å². The fourth-order valence-electron chi connectivity index (χ4n) is 3.49. The Labute approximate surface area is 190 Å². The highest BCUT2D eigenvalue weighted by Crippen LogP contribution is 2.35. The standard InChI is InChI=1S/C22H25F3N2O5S/c1-31-17-8-10-18(11-9-17)32-16-4-7-21(28)26-12-14-27(15-13-26)33(29,30)20-6-3-2-5-19(20)22(23,24)25/h2-3,5-6,8-11H,4,7,12-16H2,1H3. The summed E-state index contributed by atoms with van der Waals surface area (Å²) >= 11 is 0. The summed E-state index contributed by atoms with van der Waals surface area (Å²) in [6.07, 6.45) is -4.09.